The lowest BCUT2D eigenvalue weighted by molar-refractivity contribution is 1.26. The number of aryl methyl sites for hydroxylation is 2. The number of H-pyrrole nitrogens is 1. The van der Waals surface area contributed by atoms with Crippen molar-refractivity contribution < 1.29 is 0 Å². The molecule has 1 aromatic carbocycles. The number of allylic oxidation sites excluding steroid dienone is 1. The van der Waals surface area contributed by atoms with E-state index in [1.165, 1.54) is 11.1 Å². The molecular formula is C18H24N2. The van der Waals surface area contributed by atoms with E-state index in [0.717, 1.165) is 22.8 Å². The fourth-order valence-corrected chi connectivity index (χ4v) is 1.97. The Hall–Kier alpha value is -2.09. The molecule has 0 aliphatic rings. The number of imidazole rings is 1. The van der Waals surface area contributed by atoms with Gasteiger partial charge in [0.2, 0.25) is 0 Å². The van der Waals surface area contributed by atoms with Crippen LogP contribution in [0.25, 0.3) is 23.5 Å². The first kappa shape index (κ1) is 16.0. The number of aromatic nitrogens is 2. The fourth-order valence-electron chi connectivity index (χ4n) is 1.97. The largest absolute Gasteiger partial charge is 0.338 e. The molecule has 0 aliphatic heterocycles. The predicted octanol–water partition coefficient (Wildman–Crippen LogP) is 5.40. The molecular weight excluding hydrogens is 244 g/mol. The van der Waals surface area contributed by atoms with Gasteiger partial charge in [-0.1, -0.05) is 44.2 Å². The van der Waals surface area contributed by atoms with Crippen molar-refractivity contribution in [3.8, 4) is 11.4 Å². The highest BCUT2D eigenvalue weighted by atomic mass is 14.9. The number of benzene rings is 1. The van der Waals surface area contributed by atoms with Crippen molar-refractivity contribution in [2.24, 2.45) is 0 Å². The third kappa shape index (κ3) is 3.47. The summed E-state index contributed by atoms with van der Waals surface area (Å²) in [4.78, 5) is 7.94. The summed E-state index contributed by atoms with van der Waals surface area (Å²) in [6.45, 7) is 14.0. The Labute approximate surface area is 122 Å². The quantitative estimate of drug-likeness (QED) is 0.793. The van der Waals surface area contributed by atoms with Crippen molar-refractivity contribution in [2.45, 2.75) is 34.6 Å². The lowest BCUT2D eigenvalue weighted by Gasteiger charge is -2.03. The number of hydrogen-bond acceptors (Lipinski definition) is 1. The smallest absolute Gasteiger partial charge is 0.138 e. The van der Waals surface area contributed by atoms with Gasteiger partial charge in [-0.15, -0.1) is 0 Å². The summed E-state index contributed by atoms with van der Waals surface area (Å²) in [6, 6.07) is 6.39. The molecule has 0 fully saturated rings. The van der Waals surface area contributed by atoms with Crippen LogP contribution >= 0.6 is 0 Å². The topological polar surface area (TPSA) is 28.7 Å². The lowest BCUT2D eigenvalue weighted by atomic mass is 10.1. The SMILES string of the molecule is C=Cc1nc(-c2cc(C)ccc2C)[nH]c1/C=C\C.CC. The Balaban J connectivity index is 0.000000956. The Bertz CT molecular complexity index is 604. The summed E-state index contributed by atoms with van der Waals surface area (Å²) in [5.41, 5.74) is 5.50. The molecule has 1 N–H and O–H groups in total. The molecule has 0 saturated heterocycles. The molecule has 0 radical (unpaired) electrons. The van der Waals surface area contributed by atoms with Crippen molar-refractivity contribution in [2.75, 3.05) is 0 Å². The van der Waals surface area contributed by atoms with Gasteiger partial charge in [-0.25, -0.2) is 4.98 Å². The Kier molecular flexibility index (Phi) is 5.98. The molecule has 2 nitrogen and oxygen atoms in total. The van der Waals surface area contributed by atoms with E-state index in [0.29, 0.717) is 0 Å². The monoisotopic (exact) mass is 268 g/mol. The Morgan fingerprint density at radius 1 is 1.20 bits per heavy atom. The van der Waals surface area contributed by atoms with Crippen LogP contribution in [0.2, 0.25) is 0 Å². The van der Waals surface area contributed by atoms with E-state index in [4.69, 9.17) is 0 Å². The highest BCUT2D eigenvalue weighted by Gasteiger charge is 2.09. The number of nitrogens with one attached hydrogen (secondary N) is 1. The first-order valence-electron chi connectivity index (χ1n) is 7.08. The molecule has 0 spiro atoms. The Morgan fingerprint density at radius 3 is 2.50 bits per heavy atom. The summed E-state index contributed by atoms with van der Waals surface area (Å²) in [7, 11) is 0. The van der Waals surface area contributed by atoms with Gasteiger partial charge in [0, 0.05) is 5.56 Å². The minimum Gasteiger partial charge on any atom is -0.338 e. The average molecular weight is 268 g/mol. The van der Waals surface area contributed by atoms with Crippen molar-refractivity contribution in [1.82, 2.24) is 9.97 Å². The maximum atomic E-state index is 4.59. The zero-order valence-corrected chi connectivity index (χ0v) is 13.1. The fraction of sp³-hybridized carbons (Fsp3) is 0.278. The molecule has 2 heteroatoms. The van der Waals surface area contributed by atoms with E-state index in [1.807, 2.05) is 32.9 Å². The van der Waals surface area contributed by atoms with Gasteiger partial charge < -0.3 is 4.98 Å². The van der Waals surface area contributed by atoms with E-state index in [9.17, 15) is 0 Å². The summed E-state index contributed by atoms with van der Waals surface area (Å²) in [6.07, 6.45) is 5.78. The first-order chi connectivity index (χ1) is 9.65. The standard InChI is InChI=1S/C16H18N2.C2H6/c1-5-7-15-14(6-2)17-16(18-15)13-10-11(3)8-9-12(13)4;1-2/h5-10H,2H2,1,3-4H3,(H,17,18);1-2H3/b7-5-;. The van der Waals surface area contributed by atoms with Crippen molar-refractivity contribution >= 4 is 12.2 Å². The van der Waals surface area contributed by atoms with Crippen LogP contribution in [0.15, 0.2) is 30.9 Å². The summed E-state index contributed by atoms with van der Waals surface area (Å²) >= 11 is 0. The summed E-state index contributed by atoms with van der Waals surface area (Å²) in [5, 5.41) is 0. The molecule has 20 heavy (non-hydrogen) atoms. The van der Waals surface area contributed by atoms with Crippen molar-refractivity contribution in [1.29, 1.82) is 0 Å². The molecule has 0 atom stereocenters. The van der Waals surface area contributed by atoms with E-state index >= 15 is 0 Å². The van der Waals surface area contributed by atoms with Gasteiger partial charge in [0.1, 0.15) is 5.82 Å². The van der Waals surface area contributed by atoms with Crippen LogP contribution in [-0.2, 0) is 0 Å². The molecule has 0 saturated carbocycles. The maximum Gasteiger partial charge on any atom is 0.138 e. The van der Waals surface area contributed by atoms with Gasteiger partial charge in [0.05, 0.1) is 11.4 Å². The van der Waals surface area contributed by atoms with E-state index < -0.39 is 0 Å². The first-order valence-corrected chi connectivity index (χ1v) is 7.08. The summed E-state index contributed by atoms with van der Waals surface area (Å²) in [5.74, 6) is 0.902. The van der Waals surface area contributed by atoms with Gasteiger partial charge in [0.25, 0.3) is 0 Å². The maximum absolute atomic E-state index is 4.59. The molecule has 0 unspecified atom stereocenters. The molecule has 1 heterocycles. The predicted molar refractivity (Wildman–Crippen MR) is 89.6 cm³/mol. The third-order valence-electron chi connectivity index (χ3n) is 2.94. The van der Waals surface area contributed by atoms with Crippen LogP contribution in [0.3, 0.4) is 0 Å². The van der Waals surface area contributed by atoms with Gasteiger partial charge in [0.15, 0.2) is 0 Å². The van der Waals surface area contributed by atoms with Crippen molar-refractivity contribution in [3.05, 3.63) is 53.4 Å². The lowest BCUT2D eigenvalue weighted by Crippen LogP contribution is -1.87. The van der Waals surface area contributed by atoms with Crippen LogP contribution < -0.4 is 0 Å². The molecule has 0 bridgehead atoms. The van der Waals surface area contributed by atoms with Crippen LogP contribution in [0.4, 0.5) is 0 Å². The van der Waals surface area contributed by atoms with Gasteiger partial charge >= 0.3 is 0 Å². The molecule has 0 amide bonds. The number of aromatic amines is 1. The van der Waals surface area contributed by atoms with Crippen LogP contribution in [0.5, 0.6) is 0 Å². The number of rotatable bonds is 3. The van der Waals surface area contributed by atoms with E-state index in [-0.39, 0.29) is 0 Å². The van der Waals surface area contributed by atoms with Crippen LogP contribution in [0.1, 0.15) is 43.3 Å². The Morgan fingerprint density at radius 2 is 1.90 bits per heavy atom. The second kappa shape index (κ2) is 7.49. The second-order valence-corrected chi connectivity index (χ2v) is 4.41. The highest BCUT2D eigenvalue weighted by Crippen LogP contribution is 2.24. The van der Waals surface area contributed by atoms with Gasteiger partial charge in [-0.2, -0.15) is 0 Å². The molecule has 106 valence electrons. The van der Waals surface area contributed by atoms with E-state index in [2.05, 4.69) is 48.6 Å². The average Bonchev–Trinajstić information content (AvgIpc) is 2.87. The van der Waals surface area contributed by atoms with Crippen molar-refractivity contribution in [3.63, 3.8) is 0 Å². The van der Waals surface area contributed by atoms with E-state index in [1.54, 1.807) is 6.08 Å². The zero-order valence-electron chi connectivity index (χ0n) is 13.1. The van der Waals surface area contributed by atoms with Crippen LogP contribution in [-0.4, -0.2) is 9.97 Å². The molecule has 0 aliphatic carbocycles. The second-order valence-electron chi connectivity index (χ2n) is 4.41. The minimum atomic E-state index is 0.893. The third-order valence-corrected chi connectivity index (χ3v) is 2.94. The molecule has 2 rings (SSSR count). The molecule has 1 aromatic heterocycles. The highest BCUT2D eigenvalue weighted by molar-refractivity contribution is 5.68. The number of nitrogens with zero attached hydrogens (tertiary/aromatic N) is 1. The van der Waals surface area contributed by atoms with Gasteiger partial charge in [-0.05, 0) is 44.6 Å². The van der Waals surface area contributed by atoms with Gasteiger partial charge in [-0.3, -0.25) is 0 Å². The number of hydrogen-bond donors (Lipinski definition) is 1. The normalized spacial score (nSPS) is 10.2. The minimum absolute atomic E-state index is 0.893. The van der Waals surface area contributed by atoms with Crippen LogP contribution in [0, 0.1) is 13.8 Å². The zero-order chi connectivity index (χ0) is 15.1. The molecule has 2 aromatic rings. The summed E-state index contributed by atoms with van der Waals surface area (Å²) < 4.78 is 0.